The maximum Gasteiger partial charge on any atom is 0.222 e. The van der Waals surface area contributed by atoms with Crippen molar-refractivity contribution in [2.24, 2.45) is 5.73 Å². The van der Waals surface area contributed by atoms with Crippen LogP contribution in [0.5, 0.6) is 0 Å². The topological polar surface area (TPSA) is 55.1 Å². The first-order valence-electron chi connectivity index (χ1n) is 8.06. The molecule has 0 aliphatic rings. The fraction of sp³-hybridized carbons (Fsp3) is 0.316. The van der Waals surface area contributed by atoms with E-state index >= 15 is 0 Å². The molecule has 0 heterocycles. The minimum atomic E-state index is -0.652. The number of nitrogens with one attached hydrogen (secondary N) is 1. The van der Waals surface area contributed by atoms with Gasteiger partial charge in [0.15, 0.2) is 0 Å². The molecule has 1 amide bonds. The lowest BCUT2D eigenvalue weighted by Gasteiger charge is -2.20. The standard InChI is InChI=1S/C19H22F2N2O/c1-2-6-18(15-10-9-14(20)11-16(15)21)23-19(24)12-17(22)13-7-4-3-5-8-13/h3-5,7-11,17-18H,2,6,12,22H2,1H3,(H,23,24). The summed E-state index contributed by atoms with van der Waals surface area (Å²) in [6.07, 6.45) is 1.43. The van der Waals surface area contributed by atoms with Crippen LogP contribution in [0.4, 0.5) is 8.78 Å². The van der Waals surface area contributed by atoms with Gasteiger partial charge < -0.3 is 11.1 Å². The van der Waals surface area contributed by atoms with Gasteiger partial charge in [0.1, 0.15) is 11.6 Å². The van der Waals surface area contributed by atoms with E-state index in [4.69, 9.17) is 5.73 Å². The Bertz CT molecular complexity index is 676. The second kappa shape index (κ2) is 8.55. The van der Waals surface area contributed by atoms with Gasteiger partial charge in [-0.05, 0) is 18.1 Å². The SMILES string of the molecule is CCCC(NC(=O)CC(N)c1ccccc1)c1ccc(F)cc1F. The molecule has 0 bridgehead atoms. The Hall–Kier alpha value is -2.27. The summed E-state index contributed by atoms with van der Waals surface area (Å²) in [4.78, 5) is 12.3. The van der Waals surface area contributed by atoms with Crippen LogP contribution in [0.2, 0.25) is 0 Å². The Balaban J connectivity index is 2.05. The lowest BCUT2D eigenvalue weighted by molar-refractivity contribution is -0.122. The van der Waals surface area contributed by atoms with E-state index in [9.17, 15) is 13.6 Å². The third kappa shape index (κ3) is 4.86. The van der Waals surface area contributed by atoms with Crippen LogP contribution in [0, 0.1) is 11.6 Å². The summed E-state index contributed by atoms with van der Waals surface area (Å²) in [5, 5.41) is 2.81. The second-order valence-electron chi connectivity index (χ2n) is 5.80. The van der Waals surface area contributed by atoms with Gasteiger partial charge >= 0.3 is 0 Å². The summed E-state index contributed by atoms with van der Waals surface area (Å²) in [6.45, 7) is 1.94. The Morgan fingerprint density at radius 2 is 1.88 bits per heavy atom. The molecule has 2 unspecified atom stereocenters. The normalized spacial score (nSPS) is 13.3. The van der Waals surface area contributed by atoms with Crippen LogP contribution in [0.1, 0.15) is 49.4 Å². The van der Waals surface area contributed by atoms with Crippen molar-refractivity contribution in [1.29, 1.82) is 0 Å². The van der Waals surface area contributed by atoms with E-state index in [-0.39, 0.29) is 12.3 Å². The molecule has 0 aliphatic heterocycles. The highest BCUT2D eigenvalue weighted by Gasteiger charge is 2.19. The van der Waals surface area contributed by atoms with Crippen molar-refractivity contribution in [2.75, 3.05) is 0 Å². The highest BCUT2D eigenvalue weighted by atomic mass is 19.1. The summed E-state index contributed by atoms with van der Waals surface area (Å²) in [5.41, 5.74) is 7.21. The Morgan fingerprint density at radius 1 is 1.17 bits per heavy atom. The zero-order valence-corrected chi connectivity index (χ0v) is 13.6. The first-order chi connectivity index (χ1) is 11.5. The molecule has 128 valence electrons. The monoisotopic (exact) mass is 332 g/mol. The molecule has 2 rings (SSSR count). The van der Waals surface area contributed by atoms with E-state index in [1.165, 1.54) is 12.1 Å². The van der Waals surface area contributed by atoms with Gasteiger partial charge in [0.2, 0.25) is 5.91 Å². The first-order valence-corrected chi connectivity index (χ1v) is 8.06. The molecule has 3 nitrogen and oxygen atoms in total. The molecule has 0 saturated heterocycles. The molecule has 3 N–H and O–H groups in total. The molecule has 0 saturated carbocycles. The van der Waals surface area contributed by atoms with Crippen molar-refractivity contribution >= 4 is 5.91 Å². The van der Waals surface area contributed by atoms with Crippen molar-refractivity contribution in [3.8, 4) is 0 Å². The largest absolute Gasteiger partial charge is 0.349 e. The van der Waals surface area contributed by atoms with Crippen molar-refractivity contribution in [2.45, 2.75) is 38.3 Å². The van der Waals surface area contributed by atoms with Gasteiger partial charge in [0, 0.05) is 24.1 Å². The van der Waals surface area contributed by atoms with E-state index in [0.717, 1.165) is 18.1 Å². The smallest absolute Gasteiger partial charge is 0.222 e. The van der Waals surface area contributed by atoms with Gasteiger partial charge in [0.05, 0.1) is 6.04 Å². The van der Waals surface area contributed by atoms with Crippen LogP contribution in [0.15, 0.2) is 48.5 Å². The van der Waals surface area contributed by atoms with Crippen LogP contribution < -0.4 is 11.1 Å². The van der Waals surface area contributed by atoms with Gasteiger partial charge in [-0.3, -0.25) is 4.79 Å². The van der Waals surface area contributed by atoms with Crippen LogP contribution in [-0.2, 0) is 4.79 Å². The van der Waals surface area contributed by atoms with E-state index in [1.54, 1.807) is 0 Å². The number of hydrogen-bond donors (Lipinski definition) is 2. The third-order valence-electron chi connectivity index (χ3n) is 3.88. The molecule has 2 atom stereocenters. The van der Waals surface area contributed by atoms with E-state index < -0.39 is 23.7 Å². The highest BCUT2D eigenvalue weighted by molar-refractivity contribution is 5.77. The molecule has 2 aromatic rings. The Labute approximate surface area is 140 Å². The van der Waals surface area contributed by atoms with E-state index in [1.807, 2.05) is 37.3 Å². The zero-order chi connectivity index (χ0) is 17.5. The summed E-state index contributed by atoms with van der Waals surface area (Å²) >= 11 is 0. The molecule has 5 heteroatoms. The predicted molar refractivity (Wildman–Crippen MR) is 90.1 cm³/mol. The minimum Gasteiger partial charge on any atom is -0.349 e. The average Bonchev–Trinajstić information content (AvgIpc) is 2.55. The van der Waals surface area contributed by atoms with Crippen molar-refractivity contribution in [3.63, 3.8) is 0 Å². The molecule has 24 heavy (non-hydrogen) atoms. The lowest BCUT2D eigenvalue weighted by atomic mass is 10.00. The maximum atomic E-state index is 14.0. The van der Waals surface area contributed by atoms with Gasteiger partial charge in [-0.2, -0.15) is 0 Å². The molecule has 0 radical (unpaired) electrons. The number of carbonyl (C=O) groups excluding carboxylic acids is 1. The number of carbonyl (C=O) groups is 1. The number of halogens is 2. The molecule has 0 aliphatic carbocycles. The maximum absolute atomic E-state index is 14.0. The molecule has 0 aromatic heterocycles. The van der Waals surface area contributed by atoms with Crippen LogP contribution in [-0.4, -0.2) is 5.91 Å². The third-order valence-corrected chi connectivity index (χ3v) is 3.88. The number of amides is 1. The Kier molecular flexibility index (Phi) is 6.44. The fourth-order valence-corrected chi connectivity index (χ4v) is 2.65. The van der Waals surface area contributed by atoms with Crippen molar-refractivity contribution < 1.29 is 13.6 Å². The quantitative estimate of drug-likeness (QED) is 0.805. The summed E-state index contributed by atoms with van der Waals surface area (Å²) < 4.78 is 27.1. The molecular formula is C19H22F2N2O. The predicted octanol–water partition coefficient (Wildman–Crippen LogP) is 4.01. The number of benzene rings is 2. The van der Waals surface area contributed by atoms with Gasteiger partial charge in [0.25, 0.3) is 0 Å². The van der Waals surface area contributed by atoms with Crippen molar-refractivity contribution in [3.05, 3.63) is 71.3 Å². The second-order valence-corrected chi connectivity index (χ2v) is 5.80. The fourth-order valence-electron chi connectivity index (χ4n) is 2.65. The van der Waals surface area contributed by atoms with Crippen LogP contribution >= 0.6 is 0 Å². The molecule has 0 fully saturated rings. The summed E-state index contributed by atoms with van der Waals surface area (Å²) in [7, 11) is 0. The average molecular weight is 332 g/mol. The summed E-state index contributed by atoms with van der Waals surface area (Å²) in [5.74, 6) is -1.54. The highest BCUT2D eigenvalue weighted by Crippen LogP contribution is 2.23. The lowest BCUT2D eigenvalue weighted by Crippen LogP contribution is -2.31. The molecule has 0 spiro atoms. The summed E-state index contributed by atoms with van der Waals surface area (Å²) in [6, 6.07) is 11.8. The van der Waals surface area contributed by atoms with Crippen LogP contribution in [0.3, 0.4) is 0 Å². The number of rotatable bonds is 7. The zero-order valence-electron chi connectivity index (χ0n) is 13.6. The van der Waals surface area contributed by atoms with E-state index in [2.05, 4.69) is 5.32 Å². The first kappa shape index (κ1) is 18.1. The van der Waals surface area contributed by atoms with E-state index in [0.29, 0.717) is 12.0 Å². The molecular weight excluding hydrogens is 310 g/mol. The Morgan fingerprint density at radius 3 is 2.50 bits per heavy atom. The minimum absolute atomic E-state index is 0.104. The number of nitrogens with two attached hydrogens (primary N) is 1. The van der Waals surface area contributed by atoms with Gasteiger partial charge in [-0.1, -0.05) is 49.7 Å². The van der Waals surface area contributed by atoms with Crippen molar-refractivity contribution in [1.82, 2.24) is 5.32 Å². The van der Waals surface area contributed by atoms with Crippen LogP contribution in [0.25, 0.3) is 0 Å². The molecule has 2 aromatic carbocycles. The van der Waals surface area contributed by atoms with Gasteiger partial charge in [-0.25, -0.2) is 8.78 Å². The van der Waals surface area contributed by atoms with Gasteiger partial charge in [-0.15, -0.1) is 0 Å². The number of hydrogen-bond acceptors (Lipinski definition) is 2.